The molecule has 8 heterocycles. The Balaban J connectivity index is 0.000000134. The van der Waals surface area contributed by atoms with Gasteiger partial charge < -0.3 is 8.83 Å². The lowest BCUT2D eigenvalue weighted by atomic mass is 9.94. The highest BCUT2D eigenvalue weighted by molar-refractivity contribution is 7.26. The summed E-state index contributed by atoms with van der Waals surface area (Å²) in [6.07, 6.45) is 0. The Kier molecular flexibility index (Phi) is 13.8. The van der Waals surface area contributed by atoms with Crippen molar-refractivity contribution in [1.29, 1.82) is 0 Å². The number of hydrogen-bond acceptors (Lipinski definition) is 10. The Labute approximate surface area is 602 Å². The van der Waals surface area contributed by atoms with Crippen LogP contribution in [0.3, 0.4) is 0 Å². The molecule has 0 aliphatic carbocycles. The summed E-state index contributed by atoms with van der Waals surface area (Å²) in [4.78, 5) is 32.3. The molecule has 0 amide bonds. The fourth-order valence-corrected chi connectivity index (χ4v) is 17.7. The number of para-hydroxylation sites is 4. The van der Waals surface area contributed by atoms with Crippen molar-refractivity contribution in [2.75, 3.05) is 0 Å². The summed E-state index contributed by atoms with van der Waals surface area (Å²) >= 11 is 3.63. The largest absolute Gasteiger partial charge is 0.456 e. The number of aromatic nitrogens is 6. The normalized spacial score (nSPS) is 11.8. The van der Waals surface area contributed by atoms with E-state index in [1.807, 2.05) is 71.2 Å². The molecule has 0 bridgehead atoms. The topological polar surface area (TPSA) is 104 Å². The first-order chi connectivity index (χ1) is 51.5. The molecule has 10 heteroatoms. The van der Waals surface area contributed by atoms with Gasteiger partial charge in [-0.1, -0.05) is 243 Å². The Morgan fingerprint density at radius 2 is 0.587 bits per heavy atom. The van der Waals surface area contributed by atoms with Crippen molar-refractivity contribution in [3.63, 3.8) is 0 Å². The molecule has 8 aromatic heterocycles. The lowest BCUT2D eigenvalue weighted by molar-refractivity contribution is 0.669. The van der Waals surface area contributed by atoms with Gasteiger partial charge in [0.15, 0.2) is 11.6 Å². The van der Waals surface area contributed by atoms with Crippen molar-refractivity contribution in [3.8, 4) is 90.3 Å². The first-order valence-electron chi connectivity index (χ1n) is 34.7. The quantitative estimate of drug-likeness (QED) is 0.139. The van der Waals surface area contributed by atoms with Crippen LogP contribution in [0.15, 0.2) is 336 Å². The van der Waals surface area contributed by atoms with Gasteiger partial charge in [0.2, 0.25) is 0 Å². The minimum atomic E-state index is 0.633. The van der Waals surface area contributed by atoms with Crippen molar-refractivity contribution >= 4 is 150 Å². The molecule has 22 aromatic rings. The zero-order valence-corrected chi connectivity index (χ0v) is 57.1. The van der Waals surface area contributed by atoms with Gasteiger partial charge in [0.05, 0.1) is 45.2 Å². The molecular formula is C94H54N6O2S2. The molecule has 484 valence electrons. The van der Waals surface area contributed by atoms with Gasteiger partial charge in [-0.25, -0.2) is 29.9 Å². The van der Waals surface area contributed by atoms with Crippen LogP contribution in [-0.2, 0) is 0 Å². The number of fused-ring (bicyclic) bond motifs is 20. The van der Waals surface area contributed by atoms with Gasteiger partial charge in [0, 0.05) is 139 Å². The number of pyridine rings is 2. The van der Waals surface area contributed by atoms with Gasteiger partial charge in [0.25, 0.3) is 0 Å². The summed E-state index contributed by atoms with van der Waals surface area (Å²) in [5, 5.41) is 15.8. The average Bonchev–Trinajstić information content (AvgIpc) is 1.38. The summed E-state index contributed by atoms with van der Waals surface area (Å²) in [6.45, 7) is 0. The highest BCUT2D eigenvalue weighted by Crippen LogP contribution is 2.48. The average molecular weight is 1360 g/mol. The molecule has 0 aliphatic heterocycles. The first-order valence-corrected chi connectivity index (χ1v) is 36.3. The third-order valence-electron chi connectivity index (χ3n) is 20.2. The Morgan fingerprint density at radius 3 is 1.13 bits per heavy atom. The summed E-state index contributed by atoms with van der Waals surface area (Å²) in [6, 6.07) is 114. The molecule has 22 rings (SSSR count). The van der Waals surface area contributed by atoms with Gasteiger partial charge in [0.1, 0.15) is 22.3 Å². The van der Waals surface area contributed by atoms with E-state index in [-0.39, 0.29) is 0 Å². The van der Waals surface area contributed by atoms with Gasteiger partial charge >= 0.3 is 0 Å². The molecule has 0 radical (unpaired) electrons. The smallest absolute Gasteiger partial charge is 0.162 e. The zero-order valence-electron chi connectivity index (χ0n) is 55.5. The summed E-state index contributed by atoms with van der Waals surface area (Å²) < 4.78 is 17.8. The predicted molar refractivity (Wildman–Crippen MR) is 434 cm³/mol. The number of rotatable bonds is 8. The lowest BCUT2D eigenvalue weighted by Crippen LogP contribution is -1.98. The monoisotopic (exact) mass is 1360 g/mol. The molecular weight excluding hydrogens is 1310 g/mol. The number of nitrogens with zero attached hydrogens (tertiary/aromatic N) is 6. The zero-order chi connectivity index (χ0) is 68.3. The van der Waals surface area contributed by atoms with E-state index >= 15 is 0 Å². The second-order valence-electron chi connectivity index (χ2n) is 26.2. The predicted octanol–water partition coefficient (Wildman–Crippen LogP) is 26.2. The second kappa shape index (κ2) is 24.2. The summed E-state index contributed by atoms with van der Waals surface area (Å²) in [7, 11) is 0. The van der Waals surface area contributed by atoms with E-state index < -0.39 is 0 Å². The number of furan rings is 2. The molecule has 14 aromatic carbocycles. The highest BCUT2D eigenvalue weighted by Gasteiger charge is 2.25. The molecule has 0 spiro atoms. The van der Waals surface area contributed by atoms with E-state index in [4.69, 9.17) is 38.7 Å². The van der Waals surface area contributed by atoms with E-state index in [1.54, 1.807) is 0 Å². The Hall–Kier alpha value is -13.4. The van der Waals surface area contributed by atoms with E-state index in [0.717, 1.165) is 166 Å². The second-order valence-corrected chi connectivity index (χ2v) is 28.4. The number of benzene rings is 14. The molecule has 0 unspecified atom stereocenters. The van der Waals surface area contributed by atoms with Gasteiger partial charge in [-0.15, -0.1) is 22.7 Å². The van der Waals surface area contributed by atoms with Crippen LogP contribution in [0.1, 0.15) is 0 Å². The standard InChI is InChI=1S/2C47H27N3OS/c1-3-13-28(14-4-1)36-27-37(30-19-12-24-41-42(30)32-18-8-10-23-40(32)52-41)49-47(48-36)35-21-11-20-33-43-34(45(50-46(33)35)29-15-5-2-6-16-29)25-26-39-44(43)31-17-7-9-22-38(31)51-39;1-3-12-28(13-4-1)37-27-38(30-22-23-32-31-16-8-10-21-41(31)52-42(32)26-30)49-47(48-37)36-19-11-18-34-43-35(45(50-46(34)36)29-14-5-2-6-15-29)24-25-40-44(43)33-17-7-9-20-39(33)51-40/h2*1-27H. The van der Waals surface area contributed by atoms with Crippen molar-refractivity contribution in [2.45, 2.75) is 0 Å². The fraction of sp³-hybridized carbons (Fsp3) is 0. The van der Waals surface area contributed by atoms with Crippen LogP contribution in [0.25, 0.3) is 218 Å². The van der Waals surface area contributed by atoms with Crippen LogP contribution in [0.4, 0.5) is 0 Å². The van der Waals surface area contributed by atoms with Crippen molar-refractivity contribution in [1.82, 2.24) is 29.9 Å². The molecule has 0 N–H and O–H groups in total. The van der Waals surface area contributed by atoms with E-state index in [1.165, 1.54) is 40.3 Å². The van der Waals surface area contributed by atoms with E-state index in [9.17, 15) is 0 Å². The van der Waals surface area contributed by atoms with Crippen molar-refractivity contribution in [3.05, 3.63) is 328 Å². The van der Waals surface area contributed by atoms with E-state index in [0.29, 0.717) is 11.6 Å². The molecule has 0 saturated carbocycles. The maximum Gasteiger partial charge on any atom is 0.162 e. The highest BCUT2D eigenvalue weighted by atomic mass is 32.1. The van der Waals surface area contributed by atoms with Crippen molar-refractivity contribution < 1.29 is 8.83 Å². The SMILES string of the molecule is c1ccc(-c2cc(-c3ccc4c(c3)sc3ccccc34)nc(-c3cccc4c3nc(-c3ccccc3)c3ccc5oc6ccccc6c5c34)n2)cc1.c1ccc(-c2cc(-c3cccc4sc5ccccc5c34)nc(-c3cccc4c3nc(-c3ccccc3)c3ccc5oc6ccccc6c5c34)n2)cc1. The summed E-state index contributed by atoms with van der Waals surface area (Å²) in [5.74, 6) is 1.27. The van der Waals surface area contributed by atoms with Crippen LogP contribution < -0.4 is 0 Å². The van der Waals surface area contributed by atoms with Gasteiger partial charge in [-0.05, 0) is 84.9 Å². The first kappa shape index (κ1) is 59.5. The number of thiophene rings is 2. The molecule has 0 saturated heterocycles. The molecule has 0 fully saturated rings. The van der Waals surface area contributed by atoms with E-state index in [2.05, 4.69) is 279 Å². The van der Waals surface area contributed by atoms with Gasteiger partial charge in [-0.2, -0.15) is 0 Å². The third kappa shape index (κ3) is 9.79. The Morgan fingerprint density at radius 1 is 0.202 bits per heavy atom. The maximum atomic E-state index is 6.41. The van der Waals surface area contributed by atoms with Crippen molar-refractivity contribution in [2.24, 2.45) is 0 Å². The molecule has 104 heavy (non-hydrogen) atoms. The minimum Gasteiger partial charge on any atom is -0.456 e. The Bertz CT molecular complexity index is 7230. The third-order valence-corrected chi connectivity index (χ3v) is 22.4. The lowest BCUT2D eigenvalue weighted by Gasteiger charge is -2.15. The van der Waals surface area contributed by atoms with Crippen LogP contribution in [0.5, 0.6) is 0 Å². The maximum absolute atomic E-state index is 6.41. The fourth-order valence-electron chi connectivity index (χ4n) is 15.5. The molecule has 0 atom stereocenters. The minimum absolute atomic E-state index is 0.633. The van der Waals surface area contributed by atoms with Crippen LogP contribution in [0.2, 0.25) is 0 Å². The summed E-state index contributed by atoms with van der Waals surface area (Å²) in [5.41, 5.74) is 18.5. The molecule has 0 aliphatic rings. The molecule has 8 nitrogen and oxygen atoms in total. The van der Waals surface area contributed by atoms with Crippen LogP contribution >= 0.6 is 22.7 Å². The van der Waals surface area contributed by atoms with Gasteiger partial charge in [-0.3, -0.25) is 0 Å². The number of hydrogen-bond donors (Lipinski definition) is 0. The van der Waals surface area contributed by atoms with Crippen LogP contribution in [0, 0.1) is 0 Å². The van der Waals surface area contributed by atoms with Crippen LogP contribution in [-0.4, -0.2) is 29.9 Å².